The molecule has 0 atom stereocenters. The number of benzene rings is 6. The van der Waals surface area contributed by atoms with Crippen LogP contribution in [0, 0.1) is 0 Å². The van der Waals surface area contributed by atoms with Gasteiger partial charge in [-0.2, -0.15) is 0 Å². The number of H-pyrrole nitrogens is 2. The van der Waals surface area contributed by atoms with E-state index in [1.54, 1.807) is 0 Å². The first kappa shape index (κ1) is 24.3. The van der Waals surface area contributed by atoms with Crippen molar-refractivity contribution in [3.05, 3.63) is 145 Å². The molecule has 2 heterocycles. The summed E-state index contributed by atoms with van der Waals surface area (Å²) in [4.78, 5) is 7.26. The van der Waals surface area contributed by atoms with Crippen molar-refractivity contribution in [2.24, 2.45) is 0 Å². The zero-order chi connectivity index (χ0) is 27.9. The van der Waals surface area contributed by atoms with Gasteiger partial charge in [0.25, 0.3) is 0 Å². The Balaban J connectivity index is 1.25. The van der Waals surface area contributed by atoms with Crippen molar-refractivity contribution in [2.45, 2.75) is 13.2 Å². The lowest BCUT2D eigenvalue weighted by molar-refractivity contribution is 0.306. The largest absolute Gasteiger partial charge is 0.489 e. The van der Waals surface area contributed by atoms with E-state index in [9.17, 15) is 0 Å². The van der Waals surface area contributed by atoms with Crippen molar-refractivity contribution >= 4 is 43.5 Å². The van der Waals surface area contributed by atoms with E-state index < -0.39 is 0 Å². The fourth-order valence-electron chi connectivity index (χ4n) is 5.93. The molecule has 0 radical (unpaired) electrons. The Labute approximate surface area is 243 Å². The quantitative estimate of drug-likeness (QED) is 0.210. The zero-order valence-corrected chi connectivity index (χ0v) is 22.9. The number of nitrogens with one attached hydrogen (secondary N) is 2. The number of aromatic amines is 2. The number of ether oxygens (including phenoxy) is 2. The summed E-state index contributed by atoms with van der Waals surface area (Å²) in [6, 6.07) is 44.0. The standard InChI is InChI=1S/C38H28N2O2/c1-3-9-25(10-4-1)23-41-28-15-17-35-32(21-28)34(22-39-35)37-30-14-8-7-13-27(30)19-33-31-20-29(16-18-36(31)40-38(33)37)42-24-26-11-5-2-6-12-26/h1-22,39-40H,23-24H2. The highest BCUT2D eigenvalue weighted by Crippen LogP contribution is 2.43. The van der Waals surface area contributed by atoms with Gasteiger partial charge in [0.05, 0.1) is 5.52 Å². The van der Waals surface area contributed by atoms with Crippen LogP contribution in [0.15, 0.2) is 134 Å². The van der Waals surface area contributed by atoms with Crippen molar-refractivity contribution in [3.63, 3.8) is 0 Å². The van der Waals surface area contributed by atoms with E-state index >= 15 is 0 Å². The van der Waals surface area contributed by atoms with Gasteiger partial charge in [-0.15, -0.1) is 0 Å². The lowest BCUT2D eigenvalue weighted by atomic mass is 9.94. The summed E-state index contributed by atoms with van der Waals surface area (Å²) in [7, 11) is 0. The third kappa shape index (κ3) is 4.34. The number of fused-ring (bicyclic) bond motifs is 5. The van der Waals surface area contributed by atoms with E-state index in [2.05, 4.69) is 95.0 Å². The first-order chi connectivity index (χ1) is 20.8. The van der Waals surface area contributed by atoms with E-state index in [-0.39, 0.29) is 0 Å². The topological polar surface area (TPSA) is 50.0 Å². The molecule has 4 nitrogen and oxygen atoms in total. The van der Waals surface area contributed by atoms with Crippen LogP contribution in [0.5, 0.6) is 11.5 Å². The number of hydrogen-bond acceptors (Lipinski definition) is 2. The fourth-order valence-corrected chi connectivity index (χ4v) is 5.93. The molecular weight excluding hydrogens is 516 g/mol. The molecule has 0 aliphatic heterocycles. The van der Waals surface area contributed by atoms with Gasteiger partial charge in [-0.1, -0.05) is 84.9 Å². The molecule has 0 saturated heterocycles. The highest BCUT2D eigenvalue weighted by atomic mass is 16.5. The van der Waals surface area contributed by atoms with Crippen LogP contribution in [0.1, 0.15) is 11.1 Å². The molecule has 42 heavy (non-hydrogen) atoms. The highest BCUT2D eigenvalue weighted by molar-refractivity contribution is 6.22. The second kappa shape index (κ2) is 10.2. The van der Waals surface area contributed by atoms with Gasteiger partial charge in [0.15, 0.2) is 0 Å². The van der Waals surface area contributed by atoms with Crippen LogP contribution in [0.25, 0.3) is 54.6 Å². The Morgan fingerprint density at radius 3 is 1.83 bits per heavy atom. The van der Waals surface area contributed by atoms with Crippen molar-refractivity contribution < 1.29 is 9.47 Å². The maximum Gasteiger partial charge on any atom is 0.120 e. The van der Waals surface area contributed by atoms with Crippen molar-refractivity contribution in [3.8, 4) is 22.6 Å². The molecule has 0 fully saturated rings. The van der Waals surface area contributed by atoms with E-state index in [1.165, 1.54) is 21.7 Å². The molecule has 0 bridgehead atoms. The van der Waals surface area contributed by atoms with Gasteiger partial charge in [-0.25, -0.2) is 0 Å². The fraction of sp³-hybridized carbons (Fsp3) is 0.0526. The molecule has 0 spiro atoms. The maximum absolute atomic E-state index is 6.22. The molecular formula is C38H28N2O2. The normalized spacial score (nSPS) is 11.5. The Morgan fingerprint density at radius 1 is 0.500 bits per heavy atom. The summed E-state index contributed by atoms with van der Waals surface area (Å²) in [5.41, 5.74) is 7.89. The molecule has 2 aromatic heterocycles. The predicted molar refractivity (Wildman–Crippen MR) is 172 cm³/mol. The highest BCUT2D eigenvalue weighted by Gasteiger charge is 2.18. The first-order valence-corrected chi connectivity index (χ1v) is 14.2. The van der Waals surface area contributed by atoms with Crippen LogP contribution in [0.2, 0.25) is 0 Å². The molecule has 0 unspecified atom stereocenters. The first-order valence-electron chi connectivity index (χ1n) is 14.2. The van der Waals surface area contributed by atoms with Gasteiger partial charge >= 0.3 is 0 Å². The molecule has 2 N–H and O–H groups in total. The maximum atomic E-state index is 6.22. The summed E-state index contributed by atoms with van der Waals surface area (Å²) in [6.07, 6.45) is 2.12. The molecule has 8 rings (SSSR count). The monoisotopic (exact) mass is 544 g/mol. The SMILES string of the molecule is c1ccc(COc2ccc3[nH]cc(-c4c5ccccc5cc5c4[nH]c4ccc(OCc6ccccc6)cc45)c3c2)cc1. The minimum atomic E-state index is 0.529. The number of rotatable bonds is 7. The summed E-state index contributed by atoms with van der Waals surface area (Å²) >= 11 is 0. The third-order valence-corrected chi connectivity index (χ3v) is 8.01. The van der Waals surface area contributed by atoms with Gasteiger partial charge in [0.2, 0.25) is 0 Å². The average molecular weight is 545 g/mol. The molecule has 0 amide bonds. The Bertz CT molecular complexity index is 2190. The third-order valence-electron chi connectivity index (χ3n) is 8.01. The lowest BCUT2D eigenvalue weighted by Gasteiger charge is -2.10. The Kier molecular flexibility index (Phi) is 5.89. The summed E-state index contributed by atoms with van der Waals surface area (Å²) in [5, 5.41) is 5.85. The summed E-state index contributed by atoms with van der Waals surface area (Å²) < 4.78 is 12.4. The van der Waals surface area contributed by atoms with Crippen LogP contribution in [0.3, 0.4) is 0 Å². The van der Waals surface area contributed by atoms with Gasteiger partial charge in [-0.05, 0) is 64.4 Å². The van der Waals surface area contributed by atoms with Gasteiger partial charge in [-0.3, -0.25) is 0 Å². The molecule has 4 heteroatoms. The average Bonchev–Trinajstić information content (AvgIpc) is 3.63. The smallest absolute Gasteiger partial charge is 0.120 e. The van der Waals surface area contributed by atoms with E-state index in [4.69, 9.17) is 9.47 Å². The van der Waals surface area contributed by atoms with Gasteiger partial charge < -0.3 is 19.4 Å². The van der Waals surface area contributed by atoms with Crippen molar-refractivity contribution in [2.75, 3.05) is 0 Å². The van der Waals surface area contributed by atoms with E-state index in [1.807, 2.05) is 48.5 Å². The summed E-state index contributed by atoms with van der Waals surface area (Å²) in [6.45, 7) is 1.06. The second-order valence-electron chi connectivity index (χ2n) is 10.7. The molecule has 202 valence electrons. The van der Waals surface area contributed by atoms with E-state index in [0.717, 1.165) is 55.5 Å². The minimum Gasteiger partial charge on any atom is -0.489 e. The van der Waals surface area contributed by atoms with Gasteiger partial charge in [0.1, 0.15) is 24.7 Å². The molecule has 0 aliphatic rings. The van der Waals surface area contributed by atoms with Crippen molar-refractivity contribution in [1.29, 1.82) is 0 Å². The Hall–Kier alpha value is -5.48. The zero-order valence-electron chi connectivity index (χ0n) is 22.9. The van der Waals surface area contributed by atoms with E-state index in [0.29, 0.717) is 13.2 Å². The lowest BCUT2D eigenvalue weighted by Crippen LogP contribution is -1.94. The second-order valence-corrected chi connectivity index (χ2v) is 10.7. The molecule has 6 aromatic carbocycles. The Morgan fingerprint density at radius 2 is 1.12 bits per heavy atom. The van der Waals surface area contributed by atoms with Gasteiger partial charge in [0, 0.05) is 44.5 Å². The molecule has 0 saturated carbocycles. The molecule has 8 aromatic rings. The van der Waals surface area contributed by atoms with Crippen LogP contribution >= 0.6 is 0 Å². The minimum absolute atomic E-state index is 0.529. The van der Waals surface area contributed by atoms with Crippen LogP contribution in [0.4, 0.5) is 0 Å². The van der Waals surface area contributed by atoms with Crippen LogP contribution in [-0.4, -0.2) is 9.97 Å². The number of hydrogen-bond donors (Lipinski definition) is 2. The van der Waals surface area contributed by atoms with Crippen LogP contribution < -0.4 is 9.47 Å². The molecule has 0 aliphatic carbocycles. The number of aromatic nitrogens is 2. The van der Waals surface area contributed by atoms with Crippen molar-refractivity contribution in [1.82, 2.24) is 9.97 Å². The van der Waals surface area contributed by atoms with Crippen LogP contribution in [-0.2, 0) is 13.2 Å². The predicted octanol–water partition coefficient (Wildman–Crippen LogP) is 9.78. The summed E-state index contributed by atoms with van der Waals surface area (Å²) in [5.74, 6) is 1.70.